The molecule has 0 aromatic heterocycles. The van der Waals surface area contributed by atoms with E-state index < -0.39 is 0 Å². The predicted molar refractivity (Wildman–Crippen MR) is 88.0 cm³/mol. The Hall–Kier alpha value is 1.03. The number of hydrogen-bond acceptors (Lipinski definition) is 0. The number of rotatable bonds is 1. The van der Waals surface area contributed by atoms with Crippen LogP contribution in [0.1, 0.15) is 13.3 Å². The van der Waals surface area contributed by atoms with Crippen molar-refractivity contribution in [1.29, 1.82) is 0 Å². The first-order valence-electron chi connectivity index (χ1n) is 6.60. The van der Waals surface area contributed by atoms with Crippen molar-refractivity contribution in [1.82, 2.24) is 0 Å². The van der Waals surface area contributed by atoms with Crippen molar-refractivity contribution in [3.8, 4) is 0 Å². The van der Waals surface area contributed by atoms with Gasteiger partial charge in [0.05, 0.1) is 0 Å². The topological polar surface area (TPSA) is 0 Å². The molecule has 0 radical (unpaired) electrons. The van der Waals surface area contributed by atoms with Crippen LogP contribution in [0.25, 0.3) is 0 Å². The van der Waals surface area contributed by atoms with E-state index in [4.69, 9.17) is 0 Å². The SMILES string of the molecule is CC1CP(c2ccccc2)CCCPCCP1.[Fe]. The molecule has 1 fully saturated rings. The van der Waals surface area contributed by atoms with Gasteiger partial charge in [-0.25, -0.2) is 0 Å². The summed E-state index contributed by atoms with van der Waals surface area (Å²) in [4.78, 5) is 0. The summed E-state index contributed by atoms with van der Waals surface area (Å²) in [5.41, 5.74) is 0.962. The van der Waals surface area contributed by atoms with Crippen molar-refractivity contribution in [2.24, 2.45) is 0 Å². The van der Waals surface area contributed by atoms with Crippen LogP contribution in [-0.4, -0.2) is 36.5 Å². The third-order valence-corrected chi connectivity index (χ3v) is 9.66. The summed E-state index contributed by atoms with van der Waals surface area (Å²) in [6.07, 6.45) is 8.91. The summed E-state index contributed by atoms with van der Waals surface area (Å²) < 4.78 is 0. The zero-order valence-corrected chi connectivity index (χ0v) is 15.0. The van der Waals surface area contributed by atoms with Gasteiger partial charge < -0.3 is 0 Å². The van der Waals surface area contributed by atoms with Crippen molar-refractivity contribution in [3.63, 3.8) is 0 Å². The normalized spacial score (nSPS) is 28.7. The van der Waals surface area contributed by atoms with E-state index in [1.54, 1.807) is 5.30 Å². The fourth-order valence-electron chi connectivity index (χ4n) is 2.29. The van der Waals surface area contributed by atoms with E-state index in [9.17, 15) is 0 Å². The molecule has 4 heteroatoms. The monoisotopic (exact) mass is 340 g/mol. The Morgan fingerprint density at radius 2 is 1.89 bits per heavy atom. The van der Waals surface area contributed by atoms with Crippen LogP contribution in [0.15, 0.2) is 30.3 Å². The van der Waals surface area contributed by atoms with Crippen LogP contribution in [0.5, 0.6) is 0 Å². The minimum atomic E-state index is 0. The van der Waals surface area contributed by atoms with Gasteiger partial charge in [0, 0.05) is 17.1 Å². The first kappa shape index (κ1) is 17.1. The van der Waals surface area contributed by atoms with Crippen LogP contribution in [0, 0.1) is 0 Å². The van der Waals surface area contributed by atoms with Gasteiger partial charge in [0.25, 0.3) is 0 Å². The summed E-state index contributed by atoms with van der Waals surface area (Å²) in [6.45, 7) is 2.47. The molecule has 102 valence electrons. The van der Waals surface area contributed by atoms with Crippen molar-refractivity contribution in [2.45, 2.75) is 19.0 Å². The molecule has 1 saturated heterocycles. The Morgan fingerprint density at radius 3 is 2.67 bits per heavy atom. The third kappa shape index (κ3) is 5.99. The summed E-state index contributed by atoms with van der Waals surface area (Å²) in [5, 5.41) is 1.64. The zero-order valence-electron chi connectivity index (χ0n) is 11.0. The molecule has 0 amide bonds. The van der Waals surface area contributed by atoms with Crippen molar-refractivity contribution >= 4 is 30.4 Å². The zero-order chi connectivity index (χ0) is 11.9. The first-order valence-corrected chi connectivity index (χ1v) is 11.0. The minimum absolute atomic E-state index is 0. The molecule has 1 heterocycles. The molecule has 0 aliphatic carbocycles. The van der Waals surface area contributed by atoms with Crippen LogP contribution in [0.2, 0.25) is 0 Å². The Balaban J connectivity index is 0.00000162. The minimum Gasteiger partial charge on any atom is -0.122 e. The molecule has 4 atom stereocenters. The van der Waals surface area contributed by atoms with Crippen LogP contribution < -0.4 is 5.30 Å². The van der Waals surface area contributed by atoms with Crippen LogP contribution in [0.4, 0.5) is 0 Å². The molecule has 0 spiro atoms. The van der Waals surface area contributed by atoms with E-state index in [1.807, 2.05) is 0 Å². The van der Waals surface area contributed by atoms with Gasteiger partial charge in [-0.15, -0.1) is 17.2 Å². The number of hydrogen-bond donors (Lipinski definition) is 0. The van der Waals surface area contributed by atoms with Gasteiger partial charge in [-0.1, -0.05) is 45.2 Å². The Kier molecular flexibility index (Phi) is 9.36. The molecule has 1 aromatic rings. The second-order valence-corrected chi connectivity index (χ2v) is 10.5. The smallest absolute Gasteiger partial charge is 0 e. The molecule has 18 heavy (non-hydrogen) atoms. The van der Waals surface area contributed by atoms with Crippen LogP contribution in [0.3, 0.4) is 0 Å². The Labute approximate surface area is 127 Å². The molecule has 1 aliphatic rings. The van der Waals surface area contributed by atoms with Crippen LogP contribution in [-0.2, 0) is 17.1 Å². The molecule has 4 unspecified atom stereocenters. The van der Waals surface area contributed by atoms with E-state index >= 15 is 0 Å². The molecule has 0 bridgehead atoms. The summed E-state index contributed by atoms with van der Waals surface area (Å²) in [6, 6.07) is 11.3. The van der Waals surface area contributed by atoms with E-state index in [0.717, 1.165) is 5.66 Å². The summed E-state index contributed by atoms with van der Waals surface area (Å²) >= 11 is 0. The molecule has 1 aliphatic heterocycles. The van der Waals surface area contributed by atoms with E-state index in [-0.39, 0.29) is 25.0 Å². The van der Waals surface area contributed by atoms with Gasteiger partial charge in [-0.05, 0) is 48.2 Å². The van der Waals surface area contributed by atoms with Crippen molar-refractivity contribution in [2.75, 3.05) is 30.8 Å². The molecular weight excluding hydrogens is 317 g/mol. The van der Waals surface area contributed by atoms with E-state index in [2.05, 4.69) is 37.3 Å². The van der Waals surface area contributed by atoms with Crippen molar-refractivity contribution in [3.05, 3.63) is 30.3 Å². The maximum atomic E-state index is 2.47. The maximum absolute atomic E-state index is 2.47. The number of benzene rings is 1. The largest absolute Gasteiger partial charge is 0.122 e. The van der Waals surface area contributed by atoms with Gasteiger partial charge in [0.1, 0.15) is 0 Å². The molecule has 0 saturated carbocycles. The van der Waals surface area contributed by atoms with Gasteiger partial charge in [-0.3, -0.25) is 0 Å². The first-order chi connectivity index (χ1) is 8.36. The average molecular weight is 340 g/mol. The standard InChI is InChI=1S/C14H23P3.Fe/c1-13-12-17(14-6-3-2-4-7-14)11-5-8-15-9-10-16-13;/h2-4,6-7,13,15-16H,5,8-12H2,1H3;. The van der Waals surface area contributed by atoms with Gasteiger partial charge in [0.15, 0.2) is 0 Å². The van der Waals surface area contributed by atoms with E-state index in [0.29, 0.717) is 0 Å². The maximum Gasteiger partial charge on any atom is 0 e. The average Bonchev–Trinajstić information content (AvgIpc) is 2.38. The Bertz CT molecular complexity index is 318. The van der Waals surface area contributed by atoms with Gasteiger partial charge in [-0.2, -0.15) is 0 Å². The van der Waals surface area contributed by atoms with Crippen molar-refractivity contribution < 1.29 is 17.1 Å². The molecular formula is C14H23FeP3. The Morgan fingerprint density at radius 1 is 1.11 bits per heavy atom. The molecule has 1 aromatic carbocycles. The second kappa shape index (κ2) is 9.86. The van der Waals surface area contributed by atoms with Gasteiger partial charge >= 0.3 is 0 Å². The molecule has 0 N–H and O–H groups in total. The predicted octanol–water partition coefficient (Wildman–Crippen LogP) is 3.94. The third-order valence-electron chi connectivity index (χ3n) is 3.19. The van der Waals surface area contributed by atoms with E-state index in [1.165, 1.54) is 54.4 Å². The molecule has 0 nitrogen and oxygen atoms in total. The second-order valence-electron chi connectivity index (χ2n) is 4.74. The molecule has 2 rings (SSSR count). The summed E-state index contributed by atoms with van der Waals surface area (Å²) in [5.74, 6) is 0. The fourth-order valence-corrected chi connectivity index (χ4v) is 8.66. The quantitative estimate of drug-likeness (QED) is 0.537. The fraction of sp³-hybridized carbons (Fsp3) is 0.571. The summed E-state index contributed by atoms with van der Waals surface area (Å²) in [7, 11) is 2.58. The van der Waals surface area contributed by atoms with Gasteiger partial charge in [0.2, 0.25) is 0 Å². The van der Waals surface area contributed by atoms with Crippen LogP contribution >= 0.6 is 25.1 Å².